The van der Waals surface area contributed by atoms with Crippen LogP contribution in [0, 0.1) is 0 Å². The van der Waals surface area contributed by atoms with E-state index in [9.17, 15) is 18.3 Å². The standard InChI is InChI=1S/C25H25ClF3NO/c1-24(20-11-4-2-5-12-20,21-13-6-3-7-14-21)30(16-9-17-31)18-19-10-8-15-22(26)23(19)25(27,28)29/h2-8,10-15,31H,9,16-18H2,1H3. The minimum atomic E-state index is -4.56. The van der Waals surface area contributed by atoms with Gasteiger partial charge >= 0.3 is 6.18 Å². The topological polar surface area (TPSA) is 23.5 Å². The Morgan fingerprint density at radius 1 is 0.839 bits per heavy atom. The fourth-order valence-electron chi connectivity index (χ4n) is 4.00. The molecular weight excluding hydrogens is 423 g/mol. The Kier molecular flexibility index (Phi) is 7.42. The van der Waals surface area contributed by atoms with E-state index in [2.05, 4.69) is 0 Å². The number of rotatable bonds is 8. The maximum absolute atomic E-state index is 13.8. The average molecular weight is 448 g/mol. The molecule has 3 aromatic rings. The summed E-state index contributed by atoms with van der Waals surface area (Å²) in [4.78, 5) is 1.98. The van der Waals surface area contributed by atoms with E-state index in [1.165, 1.54) is 12.1 Å². The van der Waals surface area contributed by atoms with E-state index in [1.54, 1.807) is 6.07 Å². The largest absolute Gasteiger partial charge is 0.418 e. The second-order valence-corrected chi connectivity index (χ2v) is 7.98. The average Bonchev–Trinajstić information content (AvgIpc) is 2.76. The monoisotopic (exact) mass is 447 g/mol. The van der Waals surface area contributed by atoms with Crippen LogP contribution in [0.15, 0.2) is 78.9 Å². The Balaban J connectivity index is 2.16. The zero-order valence-corrected chi connectivity index (χ0v) is 18.0. The second kappa shape index (κ2) is 9.86. The molecule has 0 aromatic heterocycles. The van der Waals surface area contributed by atoms with E-state index in [1.807, 2.05) is 72.5 Å². The minimum absolute atomic E-state index is 0.0235. The van der Waals surface area contributed by atoms with E-state index < -0.39 is 17.3 Å². The van der Waals surface area contributed by atoms with E-state index in [4.69, 9.17) is 11.6 Å². The van der Waals surface area contributed by atoms with Crippen LogP contribution in [0.4, 0.5) is 13.2 Å². The van der Waals surface area contributed by atoms with Gasteiger partial charge in [-0.15, -0.1) is 0 Å². The fraction of sp³-hybridized carbons (Fsp3) is 0.280. The summed E-state index contributed by atoms with van der Waals surface area (Å²) in [5.41, 5.74) is 0.484. The molecule has 0 fully saturated rings. The molecule has 0 atom stereocenters. The summed E-state index contributed by atoms with van der Waals surface area (Å²) >= 11 is 5.97. The van der Waals surface area contributed by atoms with E-state index in [0.717, 1.165) is 11.1 Å². The summed E-state index contributed by atoms with van der Waals surface area (Å²) in [6, 6.07) is 23.7. The van der Waals surface area contributed by atoms with Gasteiger partial charge in [-0.3, -0.25) is 4.90 Å². The third kappa shape index (κ3) is 5.12. The first-order chi connectivity index (χ1) is 14.8. The molecule has 0 heterocycles. The molecule has 3 aromatic carbocycles. The maximum atomic E-state index is 13.8. The number of aliphatic hydroxyl groups excluding tert-OH is 1. The van der Waals surface area contributed by atoms with Gasteiger partial charge in [-0.05, 0) is 36.1 Å². The van der Waals surface area contributed by atoms with Gasteiger partial charge in [0, 0.05) is 19.7 Å². The molecule has 2 nitrogen and oxygen atoms in total. The molecule has 1 N–H and O–H groups in total. The number of benzene rings is 3. The van der Waals surface area contributed by atoms with Gasteiger partial charge in [-0.1, -0.05) is 84.4 Å². The Hall–Kier alpha value is -2.34. The number of alkyl halides is 3. The van der Waals surface area contributed by atoms with Gasteiger partial charge in [0.05, 0.1) is 16.1 Å². The van der Waals surface area contributed by atoms with Gasteiger partial charge in [-0.2, -0.15) is 13.2 Å². The smallest absolute Gasteiger partial charge is 0.396 e. The highest BCUT2D eigenvalue weighted by molar-refractivity contribution is 6.31. The summed E-state index contributed by atoms with van der Waals surface area (Å²) in [7, 11) is 0. The van der Waals surface area contributed by atoms with Crippen LogP contribution >= 0.6 is 11.6 Å². The molecule has 31 heavy (non-hydrogen) atoms. The van der Waals surface area contributed by atoms with Crippen molar-refractivity contribution in [3.63, 3.8) is 0 Å². The number of aliphatic hydroxyl groups is 1. The van der Waals surface area contributed by atoms with E-state index in [0.29, 0.717) is 13.0 Å². The third-order valence-electron chi connectivity index (χ3n) is 5.63. The van der Waals surface area contributed by atoms with Gasteiger partial charge in [-0.25, -0.2) is 0 Å². The Labute approximate surface area is 185 Å². The predicted molar refractivity (Wildman–Crippen MR) is 118 cm³/mol. The van der Waals surface area contributed by atoms with Crippen molar-refractivity contribution in [2.75, 3.05) is 13.2 Å². The molecule has 0 amide bonds. The van der Waals surface area contributed by atoms with Crippen LogP contribution in [0.2, 0.25) is 5.02 Å². The predicted octanol–water partition coefficient (Wildman–Crippen LogP) is 6.51. The number of hydrogen-bond acceptors (Lipinski definition) is 2. The Morgan fingerprint density at radius 3 is 1.87 bits per heavy atom. The van der Waals surface area contributed by atoms with Gasteiger partial charge in [0.2, 0.25) is 0 Å². The Bertz CT molecular complexity index is 938. The van der Waals surface area contributed by atoms with Crippen LogP contribution in [-0.4, -0.2) is 23.2 Å². The van der Waals surface area contributed by atoms with Crippen LogP contribution in [0.3, 0.4) is 0 Å². The first-order valence-electron chi connectivity index (χ1n) is 10.1. The molecule has 164 valence electrons. The van der Waals surface area contributed by atoms with Crippen molar-refractivity contribution in [1.82, 2.24) is 4.90 Å². The summed E-state index contributed by atoms with van der Waals surface area (Å²) < 4.78 is 41.4. The van der Waals surface area contributed by atoms with Crippen LogP contribution in [0.5, 0.6) is 0 Å². The van der Waals surface area contributed by atoms with Crippen molar-refractivity contribution in [2.24, 2.45) is 0 Å². The second-order valence-electron chi connectivity index (χ2n) is 7.57. The minimum Gasteiger partial charge on any atom is -0.396 e. The van der Waals surface area contributed by atoms with Crippen molar-refractivity contribution in [3.8, 4) is 0 Å². The molecule has 0 aliphatic rings. The van der Waals surface area contributed by atoms with E-state index >= 15 is 0 Å². The summed E-state index contributed by atoms with van der Waals surface area (Å²) in [5.74, 6) is 0. The van der Waals surface area contributed by atoms with Crippen LogP contribution in [0.1, 0.15) is 35.6 Å². The zero-order valence-electron chi connectivity index (χ0n) is 17.2. The molecular formula is C25H25ClF3NO. The van der Waals surface area contributed by atoms with Crippen molar-refractivity contribution in [1.29, 1.82) is 0 Å². The summed E-state index contributed by atoms with van der Waals surface area (Å²) in [6.45, 7) is 2.38. The normalized spacial score (nSPS) is 12.4. The van der Waals surface area contributed by atoms with Crippen LogP contribution < -0.4 is 0 Å². The third-order valence-corrected chi connectivity index (χ3v) is 5.95. The quantitative estimate of drug-likeness (QED) is 0.425. The Morgan fingerprint density at radius 2 is 1.39 bits per heavy atom. The summed E-state index contributed by atoms with van der Waals surface area (Å²) in [6.07, 6.45) is -4.14. The molecule has 0 saturated heterocycles. The van der Waals surface area contributed by atoms with Crippen LogP contribution in [-0.2, 0) is 18.3 Å². The number of halogens is 4. The molecule has 3 rings (SSSR count). The molecule has 0 spiro atoms. The van der Waals surface area contributed by atoms with Crippen molar-refractivity contribution in [2.45, 2.75) is 31.6 Å². The lowest BCUT2D eigenvalue weighted by Gasteiger charge is -2.43. The highest BCUT2D eigenvalue weighted by Crippen LogP contribution is 2.41. The lowest BCUT2D eigenvalue weighted by atomic mass is 9.82. The first kappa shape index (κ1) is 23.3. The maximum Gasteiger partial charge on any atom is 0.418 e. The molecule has 0 unspecified atom stereocenters. The fourth-order valence-corrected chi connectivity index (χ4v) is 4.30. The van der Waals surface area contributed by atoms with Crippen molar-refractivity contribution < 1.29 is 18.3 Å². The van der Waals surface area contributed by atoms with Gasteiger partial charge < -0.3 is 5.11 Å². The molecule has 0 aliphatic carbocycles. The molecule has 6 heteroatoms. The van der Waals surface area contributed by atoms with Crippen molar-refractivity contribution in [3.05, 3.63) is 106 Å². The lowest BCUT2D eigenvalue weighted by molar-refractivity contribution is -0.138. The SMILES string of the molecule is CC(c1ccccc1)(c1ccccc1)N(CCCO)Cc1cccc(Cl)c1C(F)(F)F. The lowest BCUT2D eigenvalue weighted by Crippen LogP contribution is -2.45. The summed E-state index contributed by atoms with van der Waals surface area (Å²) in [5, 5.41) is 9.18. The highest BCUT2D eigenvalue weighted by atomic mass is 35.5. The number of hydrogen-bond donors (Lipinski definition) is 1. The highest BCUT2D eigenvalue weighted by Gasteiger charge is 2.39. The van der Waals surface area contributed by atoms with Gasteiger partial charge in [0.15, 0.2) is 0 Å². The molecule has 0 saturated carbocycles. The van der Waals surface area contributed by atoms with Gasteiger partial charge in [0.25, 0.3) is 0 Å². The zero-order chi connectivity index (χ0) is 22.5. The first-order valence-corrected chi connectivity index (χ1v) is 10.5. The van der Waals surface area contributed by atoms with Crippen molar-refractivity contribution >= 4 is 11.6 Å². The number of nitrogens with zero attached hydrogens (tertiary/aromatic N) is 1. The van der Waals surface area contributed by atoms with Gasteiger partial charge in [0.1, 0.15) is 0 Å². The van der Waals surface area contributed by atoms with E-state index in [-0.39, 0.29) is 23.7 Å². The molecule has 0 radical (unpaired) electrons. The molecule has 0 bridgehead atoms. The molecule has 0 aliphatic heterocycles. The van der Waals surface area contributed by atoms with Crippen LogP contribution in [0.25, 0.3) is 0 Å².